The van der Waals surface area contributed by atoms with Crippen LogP contribution in [0.5, 0.6) is 5.75 Å². The van der Waals surface area contributed by atoms with Crippen molar-refractivity contribution >= 4 is 23.2 Å². The van der Waals surface area contributed by atoms with Crippen molar-refractivity contribution in [2.75, 3.05) is 17.2 Å². The molecule has 2 aromatic rings. The maximum absolute atomic E-state index is 12.3. The lowest BCUT2D eigenvalue weighted by Crippen LogP contribution is -2.15. The summed E-state index contributed by atoms with van der Waals surface area (Å²) in [5.74, 6) is 0.975. The van der Waals surface area contributed by atoms with Gasteiger partial charge in [0.15, 0.2) is 0 Å². The molecule has 1 saturated carbocycles. The third kappa shape index (κ3) is 5.21. The van der Waals surface area contributed by atoms with Gasteiger partial charge in [0.05, 0.1) is 18.7 Å². The molecule has 0 aromatic heterocycles. The van der Waals surface area contributed by atoms with Gasteiger partial charge >= 0.3 is 0 Å². The minimum absolute atomic E-state index is 0.115. The average Bonchev–Trinajstić information content (AvgIpc) is 3.47. The van der Waals surface area contributed by atoms with Crippen LogP contribution in [0.3, 0.4) is 0 Å². The van der Waals surface area contributed by atoms with Crippen molar-refractivity contribution in [3.63, 3.8) is 0 Å². The third-order valence-corrected chi connectivity index (χ3v) is 4.10. The van der Waals surface area contributed by atoms with Gasteiger partial charge in [-0.25, -0.2) is 0 Å². The van der Waals surface area contributed by atoms with Gasteiger partial charge in [0.25, 0.3) is 0 Å². The summed E-state index contributed by atoms with van der Waals surface area (Å²) in [5.41, 5.74) is 2.21. The first kappa shape index (κ1) is 17.7. The number of benzene rings is 2. The summed E-state index contributed by atoms with van der Waals surface area (Å²) in [6, 6.07) is 14.6. The Labute approximate surface area is 153 Å². The number of ether oxygens (including phenoxy) is 1. The molecule has 3 rings (SSSR count). The molecular formula is C21H22N2O3. The highest BCUT2D eigenvalue weighted by Gasteiger charge is 2.22. The van der Waals surface area contributed by atoms with E-state index in [1.165, 1.54) is 18.9 Å². The number of amides is 2. The Morgan fingerprint density at radius 3 is 2.50 bits per heavy atom. The molecule has 134 valence electrons. The highest BCUT2D eigenvalue weighted by atomic mass is 16.5. The first-order valence-corrected chi connectivity index (χ1v) is 8.68. The van der Waals surface area contributed by atoms with Crippen molar-refractivity contribution in [1.82, 2.24) is 0 Å². The lowest BCUT2D eigenvalue weighted by molar-refractivity contribution is -0.115. The van der Waals surface area contributed by atoms with Crippen molar-refractivity contribution in [1.29, 1.82) is 0 Å². The molecule has 2 N–H and O–H groups in total. The van der Waals surface area contributed by atoms with Crippen LogP contribution in [0.15, 0.2) is 61.2 Å². The number of rotatable bonds is 8. The van der Waals surface area contributed by atoms with Gasteiger partial charge in [0, 0.05) is 5.69 Å². The van der Waals surface area contributed by atoms with Gasteiger partial charge < -0.3 is 15.4 Å². The standard InChI is InChI=1S/C21H22N2O3/c1-2-20(24)22-17-11-9-15(10-12-17)13-21(25)23-18-5-3-4-6-19(18)26-14-16-7-8-16/h2-6,9-12,16H,1,7-8,13-14H2,(H,22,24)(H,23,25). The number of nitrogens with one attached hydrogen (secondary N) is 2. The minimum atomic E-state index is -0.265. The second-order valence-electron chi connectivity index (χ2n) is 6.37. The molecule has 0 saturated heterocycles. The van der Waals surface area contributed by atoms with Gasteiger partial charge in [-0.05, 0) is 54.7 Å². The molecule has 0 radical (unpaired) electrons. The number of hydrogen-bond acceptors (Lipinski definition) is 3. The Morgan fingerprint density at radius 2 is 1.81 bits per heavy atom. The molecule has 0 spiro atoms. The van der Waals surface area contributed by atoms with Gasteiger partial charge in [-0.1, -0.05) is 30.8 Å². The molecule has 0 atom stereocenters. The van der Waals surface area contributed by atoms with E-state index >= 15 is 0 Å². The van der Waals surface area contributed by atoms with Crippen LogP contribution in [0.1, 0.15) is 18.4 Å². The maximum atomic E-state index is 12.3. The number of anilines is 2. The number of hydrogen-bond donors (Lipinski definition) is 2. The van der Waals surface area contributed by atoms with E-state index in [1.807, 2.05) is 36.4 Å². The van der Waals surface area contributed by atoms with E-state index < -0.39 is 0 Å². The SMILES string of the molecule is C=CC(=O)Nc1ccc(CC(=O)Nc2ccccc2OCC2CC2)cc1. The fourth-order valence-electron chi connectivity index (χ4n) is 2.47. The molecule has 26 heavy (non-hydrogen) atoms. The molecule has 0 unspecified atom stereocenters. The van der Waals surface area contributed by atoms with Crippen LogP contribution in [0.4, 0.5) is 11.4 Å². The zero-order valence-corrected chi connectivity index (χ0v) is 14.5. The van der Waals surface area contributed by atoms with E-state index in [9.17, 15) is 9.59 Å². The van der Waals surface area contributed by atoms with Gasteiger partial charge in [-0.3, -0.25) is 9.59 Å². The van der Waals surface area contributed by atoms with Crippen molar-refractivity contribution in [2.24, 2.45) is 5.92 Å². The fraction of sp³-hybridized carbons (Fsp3) is 0.238. The molecule has 0 aliphatic heterocycles. The van der Waals surface area contributed by atoms with Gasteiger partial charge in [-0.2, -0.15) is 0 Å². The molecule has 1 aliphatic carbocycles. The van der Waals surface area contributed by atoms with Crippen LogP contribution in [0, 0.1) is 5.92 Å². The summed E-state index contributed by atoms with van der Waals surface area (Å²) in [6.07, 6.45) is 3.90. The van der Waals surface area contributed by atoms with E-state index in [0.717, 1.165) is 5.56 Å². The lowest BCUT2D eigenvalue weighted by atomic mass is 10.1. The van der Waals surface area contributed by atoms with Crippen LogP contribution >= 0.6 is 0 Å². The number of carbonyl (C=O) groups excluding carboxylic acids is 2. The number of carbonyl (C=O) groups is 2. The molecule has 2 aromatic carbocycles. The number of para-hydroxylation sites is 2. The van der Waals surface area contributed by atoms with Crippen molar-refractivity contribution < 1.29 is 14.3 Å². The second kappa shape index (κ2) is 8.34. The topological polar surface area (TPSA) is 67.4 Å². The van der Waals surface area contributed by atoms with E-state index in [-0.39, 0.29) is 18.2 Å². The summed E-state index contributed by atoms with van der Waals surface area (Å²) >= 11 is 0. The highest BCUT2D eigenvalue weighted by molar-refractivity contribution is 5.99. The van der Waals surface area contributed by atoms with Crippen LogP contribution in [0.2, 0.25) is 0 Å². The summed E-state index contributed by atoms with van der Waals surface area (Å²) in [5, 5.41) is 5.59. The summed E-state index contributed by atoms with van der Waals surface area (Å²) < 4.78 is 5.81. The predicted molar refractivity (Wildman–Crippen MR) is 102 cm³/mol. The molecule has 1 fully saturated rings. The minimum Gasteiger partial charge on any atom is -0.491 e. The Balaban J connectivity index is 1.56. The normalized spacial score (nSPS) is 12.9. The molecule has 0 bridgehead atoms. The van der Waals surface area contributed by atoms with Gasteiger partial charge in [0.1, 0.15) is 5.75 Å². The van der Waals surface area contributed by atoms with Crippen LogP contribution in [-0.2, 0) is 16.0 Å². The summed E-state index contributed by atoms with van der Waals surface area (Å²) in [4.78, 5) is 23.6. The molecule has 5 nitrogen and oxygen atoms in total. The largest absolute Gasteiger partial charge is 0.491 e. The Hall–Kier alpha value is -3.08. The quantitative estimate of drug-likeness (QED) is 0.712. The second-order valence-corrected chi connectivity index (χ2v) is 6.37. The zero-order valence-electron chi connectivity index (χ0n) is 14.5. The summed E-state index contributed by atoms with van der Waals surface area (Å²) in [7, 11) is 0. The average molecular weight is 350 g/mol. The smallest absolute Gasteiger partial charge is 0.247 e. The van der Waals surface area contributed by atoms with Crippen LogP contribution in [-0.4, -0.2) is 18.4 Å². The zero-order chi connectivity index (χ0) is 18.4. The van der Waals surface area contributed by atoms with Crippen molar-refractivity contribution in [3.05, 3.63) is 66.7 Å². The molecule has 2 amide bonds. The Morgan fingerprint density at radius 1 is 1.08 bits per heavy atom. The van der Waals surface area contributed by atoms with E-state index in [0.29, 0.717) is 29.6 Å². The summed E-state index contributed by atoms with van der Waals surface area (Å²) in [6.45, 7) is 4.11. The molecule has 5 heteroatoms. The van der Waals surface area contributed by atoms with Gasteiger partial charge in [-0.15, -0.1) is 0 Å². The molecular weight excluding hydrogens is 328 g/mol. The lowest BCUT2D eigenvalue weighted by Gasteiger charge is -2.12. The van der Waals surface area contributed by atoms with E-state index in [2.05, 4.69) is 17.2 Å². The Bertz CT molecular complexity index is 795. The maximum Gasteiger partial charge on any atom is 0.247 e. The first-order valence-electron chi connectivity index (χ1n) is 8.68. The van der Waals surface area contributed by atoms with E-state index in [4.69, 9.17) is 4.74 Å². The first-order chi connectivity index (χ1) is 12.6. The van der Waals surface area contributed by atoms with Crippen molar-refractivity contribution in [2.45, 2.75) is 19.3 Å². The van der Waals surface area contributed by atoms with Crippen LogP contribution < -0.4 is 15.4 Å². The van der Waals surface area contributed by atoms with E-state index in [1.54, 1.807) is 12.1 Å². The van der Waals surface area contributed by atoms with Crippen molar-refractivity contribution in [3.8, 4) is 5.75 Å². The Kier molecular flexibility index (Phi) is 5.69. The molecule has 0 heterocycles. The fourth-order valence-corrected chi connectivity index (χ4v) is 2.47. The third-order valence-electron chi connectivity index (χ3n) is 4.10. The van der Waals surface area contributed by atoms with Gasteiger partial charge in [0.2, 0.25) is 11.8 Å². The monoisotopic (exact) mass is 350 g/mol. The molecule has 1 aliphatic rings. The highest BCUT2D eigenvalue weighted by Crippen LogP contribution is 2.31. The van der Waals surface area contributed by atoms with Crippen LogP contribution in [0.25, 0.3) is 0 Å². The predicted octanol–water partition coefficient (Wildman–Crippen LogP) is 3.78.